The van der Waals surface area contributed by atoms with Gasteiger partial charge in [0.15, 0.2) is 0 Å². The number of hydrogen-bond donors (Lipinski definition) is 1. The molecule has 102 valence electrons. The topological polar surface area (TPSA) is 29.9 Å². The van der Waals surface area contributed by atoms with E-state index in [0.717, 1.165) is 26.1 Å². The van der Waals surface area contributed by atoms with Gasteiger partial charge in [0.25, 0.3) is 0 Å². The van der Waals surface area contributed by atoms with E-state index < -0.39 is 0 Å². The summed E-state index contributed by atoms with van der Waals surface area (Å²) in [6.07, 6.45) is 6.27. The molecule has 0 unspecified atom stereocenters. The standard InChI is InChI=1S/C16H23N3/c1-3-9-17-10-8-15-6-4-5-7-16(15)13-19-12-14(2)11-18-19/h4-7,11-12,17H,3,8-10,13H2,1-2H3. The number of nitrogens with zero attached hydrogens (tertiary/aromatic N) is 2. The molecule has 0 atom stereocenters. The first-order valence-corrected chi connectivity index (χ1v) is 7.06. The van der Waals surface area contributed by atoms with Crippen molar-refractivity contribution in [2.24, 2.45) is 0 Å². The summed E-state index contributed by atoms with van der Waals surface area (Å²) in [6, 6.07) is 8.65. The van der Waals surface area contributed by atoms with Gasteiger partial charge in [-0.05, 0) is 49.5 Å². The lowest BCUT2D eigenvalue weighted by Gasteiger charge is -2.10. The van der Waals surface area contributed by atoms with Gasteiger partial charge in [0.1, 0.15) is 0 Å². The summed E-state index contributed by atoms with van der Waals surface area (Å²) in [4.78, 5) is 0. The number of aromatic nitrogens is 2. The number of benzene rings is 1. The summed E-state index contributed by atoms with van der Waals surface area (Å²) in [5, 5.41) is 7.82. The quantitative estimate of drug-likeness (QED) is 0.773. The maximum atomic E-state index is 4.36. The van der Waals surface area contributed by atoms with E-state index in [2.05, 4.69) is 54.7 Å². The van der Waals surface area contributed by atoms with E-state index in [4.69, 9.17) is 0 Å². The van der Waals surface area contributed by atoms with Crippen LogP contribution in [0.5, 0.6) is 0 Å². The SMILES string of the molecule is CCCNCCc1ccccc1Cn1cc(C)cn1. The fourth-order valence-electron chi connectivity index (χ4n) is 2.21. The minimum atomic E-state index is 0.859. The van der Waals surface area contributed by atoms with E-state index >= 15 is 0 Å². The number of aryl methyl sites for hydroxylation is 1. The van der Waals surface area contributed by atoms with E-state index in [1.807, 2.05) is 10.9 Å². The van der Waals surface area contributed by atoms with Gasteiger partial charge in [0, 0.05) is 6.20 Å². The lowest BCUT2D eigenvalue weighted by molar-refractivity contribution is 0.655. The average molecular weight is 257 g/mol. The molecule has 0 saturated carbocycles. The van der Waals surface area contributed by atoms with Gasteiger partial charge in [0.05, 0.1) is 12.7 Å². The van der Waals surface area contributed by atoms with Crippen LogP contribution in [-0.4, -0.2) is 22.9 Å². The summed E-state index contributed by atoms with van der Waals surface area (Å²) in [5.74, 6) is 0. The van der Waals surface area contributed by atoms with Crippen LogP contribution in [0.1, 0.15) is 30.0 Å². The number of hydrogen-bond acceptors (Lipinski definition) is 2. The predicted octanol–water partition coefficient (Wildman–Crippen LogP) is 2.78. The van der Waals surface area contributed by atoms with E-state index in [1.165, 1.54) is 23.1 Å². The maximum absolute atomic E-state index is 4.36. The average Bonchev–Trinajstić information content (AvgIpc) is 2.82. The Morgan fingerprint density at radius 2 is 1.95 bits per heavy atom. The van der Waals surface area contributed by atoms with Crippen LogP contribution in [-0.2, 0) is 13.0 Å². The van der Waals surface area contributed by atoms with Crippen LogP contribution in [0.2, 0.25) is 0 Å². The Kier molecular flexibility index (Phi) is 5.16. The van der Waals surface area contributed by atoms with Crippen LogP contribution < -0.4 is 5.32 Å². The molecule has 0 radical (unpaired) electrons. The van der Waals surface area contributed by atoms with Crippen LogP contribution in [0.25, 0.3) is 0 Å². The molecule has 3 heteroatoms. The second-order valence-corrected chi connectivity index (χ2v) is 4.98. The van der Waals surface area contributed by atoms with Crippen molar-refractivity contribution in [3.05, 3.63) is 53.3 Å². The molecule has 19 heavy (non-hydrogen) atoms. The van der Waals surface area contributed by atoms with Crippen LogP contribution in [0.3, 0.4) is 0 Å². The molecule has 3 nitrogen and oxygen atoms in total. The van der Waals surface area contributed by atoms with Gasteiger partial charge >= 0.3 is 0 Å². The first-order chi connectivity index (χ1) is 9.29. The van der Waals surface area contributed by atoms with E-state index in [-0.39, 0.29) is 0 Å². The second-order valence-electron chi connectivity index (χ2n) is 4.98. The van der Waals surface area contributed by atoms with Crippen LogP contribution in [0.4, 0.5) is 0 Å². The fraction of sp³-hybridized carbons (Fsp3) is 0.438. The monoisotopic (exact) mass is 257 g/mol. The van der Waals surface area contributed by atoms with E-state index in [9.17, 15) is 0 Å². The molecule has 0 saturated heterocycles. The summed E-state index contributed by atoms with van der Waals surface area (Å²) in [7, 11) is 0. The van der Waals surface area contributed by atoms with Gasteiger partial charge in [-0.1, -0.05) is 31.2 Å². The third-order valence-corrected chi connectivity index (χ3v) is 3.21. The molecule has 1 aromatic heterocycles. The summed E-state index contributed by atoms with van der Waals surface area (Å²) in [5.41, 5.74) is 3.99. The molecule has 0 aliphatic rings. The Hall–Kier alpha value is -1.61. The van der Waals surface area contributed by atoms with Crippen molar-refractivity contribution in [1.82, 2.24) is 15.1 Å². The molecule has 0 bridgehead atoms. The lowest BCUT2D eigenvalue weighted by atomic mass is 10.0. The minimum absolute atomic E-state index is 0.859. The van der Waals surface area contributed by atoms with Crippen LogP contribution >= 0.6 is 0 Å². The smallest absolute Gasteiger partial charge is 0.0662 e. The third-order valence-electron chi connectivity index (χ3n) is 3.21. The number of rotatable bonds is 7. The molecule has 0 aliphatic heterocycles. The molecule has 1 N–H and O–H groups in total. The van der Waals surface area contributed by atoms with Crippen molar-refractivity contribution >= 4 is 0 Å². The molecular weight excluding hydrogens is 234 g/mol. The van der Waals surface area contributed by atoms with Crippen LogP contribution in [0, 0.1) is 6.92 Å². The molecule has 2 aromatic rings. The molecule has 1 aromatic carbocycles. The van der Waals surface area contributed by atoms with Gasteiger partial charge in [-0.2, -0.15) is 5.10 Å². The van der Waals surface area contributed by atoms with E-state index in [0.29, 0.717) is 0 Å². The Morgan fingerprint density at radius 3 is 2.63 bits per heavy atom. The zero-order valence-corrected chi connectivity index (χ0v) is 11.9. The molecule has 0 amide bonds. The minimum Gasteiger partial charge on any atom is -0.316 e. The van der Waals surface area contributed by atoms with Crippen molar-refractivity contribution in [2.45, 2.75) is 33.2 Å². The lowest BCUT2D eigenvalue weighted by Crippen LogP contribution is -2.18. The highest BCUT2D eigenvalue weighted by Gasteiger charge is 2.03. The third kappa shape index (κ3) is 4.21. The first-order valence-electron chi connectivity index (χ1n) is 7.06. The molecular formula is C16H23N3. The first kappa shape index (κ1) is 13.8. The molecule has 0 fully saturated rings. The van der Waals surface area contributed by atoms with Gasteiger partial charge in [-0.3, -0.25) is 4.68 Å². The highest BCUT2D eigenvalue weighted by atomic mass is 15.3. The largest absolute Gasteiger partial charge is 0.316 e. The molecule has 0 aliphatic carbocycles. The van der Waals surface area contributed by atoms with Crippen molar-refractivity contribution in [1.29, 1.82) is 0 Å². The van der Waals surface area contributed by atoms with Crippen molar-refractivity contribution < 1.29 is 0 Å². The number of nitrogens with one attached hydrogen (secondary N) is 1. The van der Waals surface area contributed by atoms with Crippen molar-refractivity contribution in [3.8, 4) is 0 Å². The fourth-order valence-corrected chi connectivity index (χ4v) is 2.21. The van der Waals surface area contributed by atoms with Crippen LogP contribution in [0.15, 0.2) is 36.7 Å². The van der Waals surface area contributed by atoms with Gasteiger partial charge in [-0.25, -0.2) is 0 Å². The Labute approximate surface area is 115 Å². The van der Waals surface area contributed by atoms with Gasteiger partial charge in [-0.15, -0.1) is 0 Å². The Balaban J connectivity index is 1.99. The Bertz CT molecular complexity index is 502. The zero-order chi connectivity index (χ0) is 13.5. The zero-order valence-electron chi connectivity index (χ0n) is 11.9. The second kappa shape index (κ2) is 7.10. The summed E-state index contributed by atoms with van der Waals surface area (Å²) in [6.45, 7) is 7.27. The molecule has 2 rings (SSSR count). The highest BCUT2D eigenvalue weighted by Crippen LogP contribution is 2.11. The van der Waals surface area contributed by atoms with Crippen molar-refractivity contribution in [2.75, 3.05) is 13.1 Å². The summed E-state index contributed by atoms with van der Waals surface area (Å²) < 4.78 is 2.01. The highest BCUT2D eigenvalue weighted by molar-refractivity contribution is 5.27. The van der Waals surface area contributed by atoms with Gasteiger partial charge in [0.2, 0.25) is 0 Å². The maximum Gasteiger partial charge on any atom is 0.0662 e. The Morgan fingerprint density at radius 1 is 1.16 bits per heavy atom. The van der Waals surface area contributed by atoms with E-state index in [1.54, 1.807) is 0 Å². The molecule has 0 spiro atoms. The van der Waals surface area contributed by atoms with Gasteiger partial charge < -0.3 is 5.32 Å². The molecule has 1 heterocycles. The normalized spacial score (nSPS) is 10.8. The predicted molar refractivity (Wildman–Crippen MR) is 79.4 cm³/mol. The summed E-state index contributed by atoms with van der Waals surface area (Å²) >= 11 is 0. The van der Waals surface area contributed by atoms with Crippen molar-refractivity contribution in [3.63, 3.8) is 0 Å².